The molecule has 5 rings (SSSR count). The van der Waals surface area contributed by atoms with Crippen molar-refractivity contribution in [1.82, 2.24) is 25.6 Å². The molecule has 2 N–H and O–H groups in total. The summed E-state index contributed by atoms with van der Waals surface area (Å²) in [5, 5.41) is 5.42. The molecule has 202 valence electrons. The highest BCUT2D eigenvalue weighted by Crippen LogP contribution is 2.30. The SMILES string of the molecule is COc1ccc(-c2ccc(C(C)=O)s2)nc1CNCC1CCN(c2nccc(/C=C3\SC(=O)NC3=O)n2)CC1. The highest BCUT2D eigenvalue weighted by atomic mass is 32.2. The number of hydrogen-bond donors (Lipinski definition) is 2. The summed E-state index contributed by atoms with van der Waals surface area (Å²) in [6.45, 7) is 4.66. The van der Waals surface area contributed by atoms with E-state index in [2.05, 4.69) is 25.5 Å². The number of thioether (sulfide) groups is 1. The van der Waals surface area contributed by atoms with Crippen molar-refractivity contribution in [1.29, 1.82) is 0 Å². The lowest BCUT2D eigenvalue weighted by molar-refractivity contribution is -0.115. The summed E-state index contributed by atoms with van der Waals surface area (Å²) in [4.78, 5) is 52.9. The van der Waals surface area contributed by atoms with Crippen LogP contribution >= 0.6 is 23.1 Å². The predicted octanol–water partition coefficient (Wildman–Crippen LogP) is 4.14. The minimum atomic E-state index is -0.397. The number of nitrogens with one attached hydrogen (secondary N) is 2. The summed E-state index contributed by atoms with van der Waals surface area (Å²) in [7, 11) is 1.64. The normalized spacial score (nSPS) is 17.1. The number of thiophene rings is 1. The quantitative estimate of drug-likeness (QED) is 0.289. The zero-order valence-corrected chi connectivity index (χ0v) is 23.2. The monoisotopic (exact) mass is 564 g/mol. The number of aromatic nitrogens is 3. The molecule has 2 aliphatic rings. The Labute approximate surface area is 234 Å². The number of rotatable bonds is 9. The standard InChI is InChI=1S/C27H28N6O4S2/c1-16(34)22-5-6-23(38-22)19-3-4-21(37-2)20(31-19)15-28-14-17-8-11-33(12-9-17)26-29-10-7-18(30-26)13-24-25(35)32-27(36)39-24/h3-7,10,13,17,28H,8-9,11-12,14-15H2,1-2H3,(H,32,35,36)/b24-13-. The van der Waals surface area contributed by atoms with Crippen molar-refractivity contribution in [3.05, 3.63) is 57.7 Å². The first-order chi connectivity index (χ1) is 18.9. The van der Waals surface area contributed by atoms with Crippen LogP contribution in [0.15, 0.2) is 41.4 Å². The fourth-order valence-corrected chi connectivity index (χ4v) is 6.02. The van der Waals surface area contributed by atoms with Gasteiger partial charge >= 0.3 is 0 Å². The third kappa shape index (κ3) is 6.52. The van der Waals surface area contributed by atoms with Gasteiger partial charge in [0.15, 0.2) is 5.78 Å². The van der Waals surface area contributed by atoms with Crippen LogP contribution in [0.2, 0.25) is 0 Å². The molecule has 10 nitrogen and oxygen atoms in total. The minimum Gasteiger partial charge on any atom is -0.495 e. The Kier molecular flexibility index (Phi) is 8.34. The van der Waals surface area contributed by atoms with E-state index in [1.54, 1.807) is 32.4 Å². The van der Waals surface area contributed by atoms with Gasteiger partial charge in [-0.2, -0.15) is 0 Å². The van der Waals surface area contributed by atoms with Crippen LogP contribution in [0, 0.1) is 5.92 Å². The maximum absolute atomic E-state index is 11.8. The van der Waals surface area contributed by atoms with Gasteiger partial charge in [0.1, 0.15) is 5.75 Å². The Morgan fingerprint density at radius 1 is 1.18 bits per heavy atom. The third-order valence-corrected chi connectivity index (χ3v) is 8.59. The molecule has 3 aromatic rings. The van der Waals surface area contributed by atoms with E-state index in [4.69, 9.17) is 9.72 Å². The molecule has 5 heterocycles. The zero-order chi connectivity index (χ0) is 27.4. The van der Waals surface area contributed by atoms with E-state index >= 15 is 0 Å². The number of ketones is 1. The molecule has 2 fully saturated rings. The number of methoxy groups -OCH3 is 1. The van der Waals surface area contributed by atoms with Crippen molar-refractivity contribution < 1.29 is 19.1 Å². The van der Waals surface area contributed by atoms with Gasteiger partial charge in [0.05, 0.1) is 38.9 Å². The summed E-state index contributed by atoms with van der Waals surface area (Å²) in [6, 6.07) is 9.34. The smallest absolute Gasteiger partial charge is 0.290 e. The molecule has 0 radical (unpaired) electrons. The number of piperidine rings is 1. The number of amides is 2. The van der Waals surface area contributed by atoms with E-state index in [1.807, 2.05) is 24.3 Å². The first-order valence-electron chi connectivity index (χ1n) is 12.6. The Morgan fingerprint density at radius 3 is 2.69 bits per heavy atom. The number of pyridine rings is 1. The van der Waals surface area contributed by atoms with Crippen molar-refractivity contribution in [2.45, 2.75) is 26.3 Å². The molecule has 12 heteroatoms. The van der Waals surface area contributed by atoms with Gasteiger partial charge in [0.25, 0.3) is 11.1 Å². The summed E-state index contributed by atoms with van der Waals surface area (Å²) >= 11 is 2.32. The second kappa shape index (κ2) is 12.1. The highest BCUT2D eigenvalue weighted by molar-refractivity contribution is 8.18. The summed E-state index contributed by atoms with van der Waals surface area (Å²) in [5.74, 6) is 1.51. The lowest BCUT2D eigenvalue weighted by Crippen LogP contribution is -2.38. The molecule has 0 aromatic carbocycles. The van der Waals surface area contributed by atoms with Crippen LogP contribution in [0.25, 0.3) is 16.6 Å². The van der Waals surface area contributed by atoms with Crippen LogP contribution < -0.4 is 20.3 Å². The number of carbonyl (C=O) groups is 3. The number of Topliss-reactive ketones (excluding diaryl/α,β-unsaturated/α-hetero) is 1. The van der Waals surface area contributed by atoms with E-state index in [-0.39, 0.29) is 11.0 Å². The van der Waals surface area contributed by atoms with E-state index in [9.17, 15) is 14.4 Å². The molecular formula is C27H28N6O4S2. The maximum Gasteiger partial charge on any atom is 0.290 e. The summed E-state index contributed by atoms with van der Waals surface area (Å²) < 4.78 is 5.53. The molecule has 2 saturated heterocycles. The second-order valence-corrected chi connectivity index (χ2v) is 11.4. The van der Waals surface area contributed by atoms with Crippen LogP contribution in [-0.2, 0) is 11.3 Å². The number of carbonyl (C=O) groups excluding carboxylic acids is 3. The molecule has 0 spiro atoms. The average molecular weight is 565 g/mol. The van der Waals surface area contributed by atoms with Crippen LogP contribution in [0.4, 0.5) is 10.7 Å². The Hall–Kier alpha value is -3.61. The Bertz CT molecular complexity index is 1430. The van der Waals surface area contributed by atoms with E-state index in [0.717, 1.165) is 71.1 Å². The maximum atomic E-state index is 11.8. The largest absolute Gasteiger partial charge is 0.495 e. The van der Waals surface area contributed by atoms with Crippen LogP contribution in [0.1, 0.15) is 40.8 Å². The Balaban J connectivity index is 1.15. The average Bonchev–Trinajstić information content (AvgIpc) is 3.56. The van der Waals surface area contributed by atoms with Gasteiger partial charge in [0, 0.05) is 25.8 Å². The van der Waals surface area contributed by atoms with Gasteiger partial charge in [-0.05, 0) is 80.4 Å². The van der Waals surface area contributed by atoms with Crippen molar-refractivity contribution in [3.8, 4) is 16.3 Å². The Morgan fingerprint density at radius 2 is 2.00 bits per heavy atom. The molecule has 0 aliphatic carbocycles. The fourth-order valence-electron chi connectivity index (χ4n) is 4.48. The highest BCUT2D eigenvalue weighted by Gasteiger charge is 2.26. The van der Waals surface area contributed by atoms with Gasteiger partial charge in [-0.15, -0.1) is 11.3 Å². The molecule has 0 saturated carbocycles. The molecular weight excluding hydrogens is 536 g/mol. The second-order valence-electron chi connectivity index (χ2n) is 9.26. The number of hydrogen-bond acceptors (Lipinski definition) is 11. The van der Waals surface area contributed by atoms with Gasteiger partial charge in [0.2, 0.25) is 5.95 Å². The lowest BCUT2D eigenvalue weighted by atomic mass is 9.97. The molecule has 2 aliphatic heterocycles. The molecule has 0 unspecified atom stereocenters. The number of anilines is 1. The number of ether oxygens (including phenoxy) is 1. The molecule has 2 amide bonds. The summed E-state index contributed by atoms with van der Waals surface area (Å²) in [5.41, 5.74) is 2.26. The van der Waals surface area contributed by atoms with E-state index < -0.39 is 5.91 Å². The topological polar surface area (TPSA) is 126 Å². The van der Waals surface area contributed by atoms with Crippen molar-refractivity contribution in [2.24, 2.45) is 5.92 Å². The number of imide groups is 1. The molecule has 3 aromatic heterocycles. The van der Waals surface area contributed by atoms with Crippen molar-refractivity contribution >= 4 is 52.1 Å². The molecule has 0 bridgehead atoms. The lowest BCUT2D eigenvalue weighted by Gasteiger charge is -2.32. The minimum absolute atomic E-state index is 0.0548. The predicted molar refractivity (Wildman–Crippen MR) is 152 cm³/mol. The van der Waals surface area contributed by atoms with Gasteiger partial charge in [-0.1, -0.05) is 0 Å². The van der Waals surface area contributed by atoms with Gasteiger partial charge in [-0.25, -0.2) is 15.0 Å². The molecule has 39 heavy (non-hydrogen) atoms. The summed E-state index contributed by atoms with van der Waals surface area (Å²) in [6.07, 6.45) is 5.27. The third-order valence-electron chi connectivity index (χ3n) is 6.57. The van der Waals surface area contributed by atoms with E-state index in [1.165, 1.54) is 11.3 Å². The van der Waals surface area contributed by atoms with Crippen molar-refractivity contribution in [2.75, 3.05) is 31.6 Å². The zero-order valence-electron chi connectivity index (χ0n) is 21.6. The fraction of sp³-hybridized carbons (Fsp3) is 0.333. The van der Waals surface area contributed by atoms with Crippen molar-refractivity contribution in [3.63, 3.8) is 0 Å². The van der Waals surface area contributed by atoms with Crippen LogP contribution in [0.3, 0.4) is 0 Å². The van der Waals surface area contributed by atoms with E-state index in [0.29, 0.717) is 29.0 Å². The van der Waals surface area contributed by atoms with Crippen LogP contribution in [-0.4, -0.2) is 58.6 Å². The van der Waals surface area contributed by atoms with Crippen LogP contribution in [0.5, 0.6) is 5.75 Å². The number of nitrogens with zero attached hydrogens (tertiary/aromatic N) is 4. The first-order valence-corrected chi connectivity index (χ1v) is 14.2. The van der Waals surface area contributed by atoms with Gasteiger partial charge in [-0.3, -0.25) is 19.7 Å². The molecule has 0 atom stereocenters. The first kappa shape index (κ1) is 27.0. The van der Waals surface area contributed by atoms with Gasteiger partial charge < -0.3 is 15.0 Å².